The van der Waals surface area contributed by atoms with Crippen LogP contribution in [-0.4, -0.2) is 40.8 Å². The Morgan fingerprint density at radius 2 is 1.51 bits per heavy atom. The van der Waals surface area contributed by atoms with Crippen molar-refractivity contribution in [2.75, 3.05) is 24.5 Å². The molecular weight excluding hydrogens is 525 g/mol. The van der Waals surface area contributed by atoms with Crippen molar-refractivity contribution in [2.24, 2.45) is 13.0 Å². The second-order valence-corrected chi connectivity index (χ2v) is 11.3. The van der Waals surface area contributed by atoms with E-state index in [1.54, 1.807) is 67.1 Å². The summed E-state index contributed by atoms with van der Waals surface area (Å²) in [5.74, 6) is -1.10. The number of halogens is 3. The van der Waals surface area contributed by atoms with Gasteiger partial charge in [-0.3, -0.25) is 9.69 Å². The van der Waals surface area contributed by atoms with E-state index in [1.807, 2.05) is 18.7 Å². The van der Waals surface area contributed by atoms with Gasteiger partial charge >= 0.3 is 0 Å². The number of rotatable bonds is 6. The van der Waals surface area contributed by atoms with Crippen molar-refractivity contribution in [3.05, 3.63) is 111 Å². The van der Waals surface area contributed by atoms with Gasteiger partial charge in [-0.1, -0.05) is 38.1 Å². The molecule has 0 radical (unpaired) electrons. The Morgan fingerprint density at radius 1 is 0.927 bits per heavy atom. The summed E-state index contributed by atoms with van der Waals surface area (Å²) < 4.78 is 46.2. The molecular formula is C33H33F3N4O. The average Bonchev–Trinajstić information content (AvgIpc) is 2.96. The Morgan fingerprint density at radius 3 is 2.05 bits per heavy atom. The van der Waals surface area contributed by atoms with E-state index in [-0.39, 0.29) is 29.7 Å². The van der Waals surface area contributed by atoms with Gasteiger partial charge < -0.3 is 9.47 Å². The first-order chi connectivity index (χ1) is 19.5. The number of alkyl halides is 1. The predicted octanol–water partition coefficient (Wildman–Crippen LogP) is 6.35. The van der Waals surface area contributed by atoms with Crippen LogP contribution in [0.2, 0.25) is 0 Å². The van der Waals surface area contributed by atoms with Crippen LogP contribution in [0.5, 0.6) is 0 Å². The zero-order valence-electron chi connectivity index (χ0n) is 23.6. The minimum absolute atomic E-state index is 0.196. The second-order valence-electron chi connectivity index (χ2n) is 11.3. The normalized spacial score (nSPS) is 17.7. The van der Waals surface area contributed by atoms with Crippen LogP contribution in [0, 0.1) is 28.9 Å². The lowest BCUT2D eigenvalue weighted by atomic mass is 9.82. The van der Waals surface area contributed by atoms with Crippen LogP contribution in [-0.2, 0) is 7.05 Å². The van der Waals surface area contributed by atoms with Crippen molar-refractivity contribution >= 4 is 16.6 Å². The van der Waals surface area contributed by atoms with Crippen molar-refractivity contribution in [3.63, 3.8) is 0 Å². The van der Waals surface area contributed by atoms with E-state index >= 15 is 4.39 Å². The third-order valence-electron chi connectivity index (χ3n) is 8.60. The van der Waals surface area contributed by atoms with Crippen molar-refractivity contribution in [1.82, 2.24) is 9.47 Å². The van der Waals surface area contributed by atoms with Gasteiger partial charge in [0.2, 0.25) is 0 Å². The third-order valence-corrected chi connectivity index (χ3v) is 8.60. The molecule has 5 rings (SSSR count). The Hall–Kier alpha value is -4.09. The largest absolute Gasteiger partial charge is 0.368 e. The van der Waals surface area contributed by atoms with Gasteiger partial charge in [0.15, 0.2) is 0 Å². The zero-order chi connectivity index (χ0) is 29.5. The van der Waals surface area contributed by atoms with Gasteiger partial charge in [-0.25, -0.2) is 13.2 Å². The summed E-state index contributed by atoms with van der Waals surface area (Å²) in [4.78, 5) is 17.1. The van der Waals surface area contributed by atoms with E-state index in [2.05, 4.69) is 11.0 Å². The van der Waals surface area contributed by atoms with Crippen LogP contribution in [0.4, 0.5) is 18.9 Å². The molecule has 2 unspecified atom stereocenters. The van der Waals surface area contributed by atoms with Crippen LogP contribution >= 0.6 is 0 Å². The second kappa shape index (κ2) is 11.1. The third kappa shape index (κ3) is 5.34. The molecule has 3 aromatic carbocycles. The molecule has 0 amide bonds. The Bertz CT molecular complexity index is 1610. The number of aromatic nitrogens is 1. The van der Waals surface area contributed by atoms with Gasteiger partial charge in [-0.15, -0.1) is 0 Å². The number of hydrogen-bond acceptors (Lipinski definition) is 4. The van der Waals surface area contributed by atoms with Crippen molar-refractivity contribution < 1.29 is 13.2 Å². The Labute approximate surface area is 238 Å². The van der Waals surface area contributed by atoms with E-state index < -0.39 is 17.8 Å². The number of anilines is 1. The molecule has 8 heteroatoms. The summed E-state index contributed by atoms with van der Waals surface area (Å²) in [5, 5.41) is 10.3. The summed E-state index contributed by atoms with van der Waals surface area (Å²) >= 11 is 0. The molecule has 1 aliphatic rings. The lowest BCUT2D eigenvalue weighted by Crippen LogP contribution is -2.63. The Balaban J connectivity index is 1.64. The fourth-order valence-electron chi connectivity index (χ4n) is 5.85. The molecule has 2 atom stereocenters. The highest BCUT2D eigenvalue weighted by Crippen LogP contribution is 2.40. The molecule has 0 N–H and O–H groups in total. The minimum atomic E-state index is -1.66. The highest BCUT2D eigenvalue weighted by atomic mass is 19.1. The molecule has 1 aromatic heterocycles. The molecule has 0 spiro atoms. The maximum absolute atomic E-state index is 16.8. The molecule has 5 nitrogen and oxygen atoms in total. The molecule has 0 saturated carbocycles. The number of benzene rings is 3. The minimum Gasteiger partial charge on any atom is -0.368 e. The van der Waals surface area contributed by atoms with Gasteiger partial charge in [-0.05, 0) is 66.4 Å². The average molecular weight is 559 g/mol. The zero-order valence-corrected chi connectivity index (χ0v) is 23.6. The van der Waals surface area contributed by atoms with E-state index in [0.29, 0.717) is 29.9 Å². The summed E-state index contributed by atoms with van der Waals surface area (Å²) in [6.07, 6.45) is 0. The first-order valence-electron chi connectivity index (χ1n) is 13.8. The van der Waals surface area contributed by atoms with Gasteiger partial charge in [0.05, 0.1) is 34.9 Å². The fraction of sp³-hybridized carbons (Fsp3) is 0.333. The first kappa shape index (κ1) is 28.4. The topological polar surface area (TPSA) is 52.3 Å². The number of fused-ring (bicyclic) bond motifs is 1. The quantitative estimate of drug-likeness (QED) is 0.277. The Kier molecular flexibility index (Phi) is 7.67. The highest BCUT2D eigenvalue weighted by molar-refractivity contribution is 5.93. The van der Waals surface area contributed by atoms with Crippen LogP contribution in [0.3, 0.4) is 0 Å². The summed E-state index contributed by atoms with van der Waals surface area (Å²) in [6.45, 7) is 6.45. The SMILES string of the molecule is CC(C)C(C)(F)C1CN(c2cc(=O)n(C)c3ccc(C#N)cc23)CCN1C(c1ccc(F)cc1)c1ccc(F)cc1. The van der Waals surface area contributed by atoms with Crippen LogP contribution in [0.1, 0.15) is 43.5 Å². The van der Waals surface area contributed by atoms with E-state index in [0.717, 1.165) is 16.5 Å². The number of nitrogens with zero attached hydrogens (tertiary/aromatic N) is 4. The van der Waals surface area contributed by atoms with E-state index in [4.69, 9.17) is 0 Å². The van der Waals surface area contributed by atoms with Crippen molar-refractivity contribution in [3.8, 4) is 6.07 Å². The molecule has 0 aliphatic carbocycles. The van der Waals surface area contributed by atoms with E-state index in [1.165, 1.54) is 24.3 Å². The van der Waals surface area contributed by atoms with E-state index in [9.17, 15) is 18.8 Å². The number of hydrogen-bond donors (Lipinski definition) is 0. The molecule has 2 heterocycles. The van der Waals surface area contributed by atoms with Gasteiger partial charge in [0.1, 0.15) is 17.3 Å². The maximum Gasteiger partial charge on any atom is 0.252 e. The monoisotopic (exact) mass is 558 g/mol. The predicted molar refractivity (Wildman–Crippen MR) is 156 cm³/mol. The molecule has 4 aromatic rings. The summed E-state index contributed by atoms with van der Waals surface area (Å²) in [5.41, 5.74) is 1.50. The smallest absolute Gasteiger partial charge is 0.252 e. The number of piperazine rings is 1. The maximum atomic E-state index is 16.8. The number of aryl methyl sites for hydroxylation is 1. The number of pyridine rings is 1. The molecule has 0 bridgehead atoms. The van der Waals surface area contributed by atoms with Crippen LogP contribution in [0.15, 0.2) is 77.6 Å². The number of nitriles is 1. The first-order valence-corrected chi connectivity index (χ1v) is 13.8. The summed E-state index contributed by atoms with van der Waals surface area (Å²) in [6, 6.07) is 20.1. The molecule has 1 fully saturated rings. The molecule has 1 aliphatic heterocycles. The van der Waals surface area contributed by atoms with Crippen molar-refractivity contribution in [2.45, 2.75) is 38.5 Å². The lowest BCUT2D eigenvalue weighted by molar-refractivity contribution is -0.0169. The lowest BCUT2D eigenvalue weighted by Gasteiger charge is -2.51. The summed E-state index contributed by atoms with van der Waals surface area (Å²) in [7, 11) is 1.69. The highest BCUT2D eigenvalue weighted by Gasteiger charge is 2.47. The van der Waals surface area contributed by atoms with Gasteiger partial charge in [-0.2, -0.15) is 5.26 Å². The molecule has 41 heavy (non-hydrogen) atoms. The fourth-order valence-corrected chi connectivity index (χ4v) is 5.85. The van der Waals surface area contributed by atoms with Gasteiger partial charge in [0, 0.05) is 38.1 Å². The van der Waals surface area contributed by atoms with Crippen molar-refractivity contribution in [1.29, 1.82) is 5.26 Å². The van der Waals surface area contributed by atoms with Crippen LogP contribution in [0.25, 0.3) is 10.9 Å². The molecule has 212 valence electrons. The van der Waals surface area contributed by atoms with Crippen LogP contribution < -0.4 is 10.5 Å². The standard InChI is InChI=1S/C33H33F3N4O/c1-21(2)33(3,36)30-20-39(29-18-31(41)38(4)28-14-5-22(19-37)17-27(28)29)15-16-40(30)32(23-6-10-25(34)11-7-23)24-8-12-26(35)13-9-24/h5-14,17-18,21,30,32H,15-16,20H2,1-4H3. The molecule has 1 saturated heterocycles. The van der Waals surface area contributed by atoms with Gasteiger partial charge in [0.25, 0.3) is 5.56 Å².